The maximum absolute atomic E-state index is 11.2. The number of carbonyl (C=O) groups is 1. The minimum absolute atomic E-state index is 0.190. The number of anilines is 1. The van der Waals surface area contributed by atoms with Crippen LogP contribution < -0.4 is 4.90 Å². The van der Waals surface area contributed by atoms with Gasteiger partial charge in [-0.2, -0.15) is 4.98 Å². The second-order valence-electron chi connectivity index (χ2n) is 5.97. The molecule has 6 nitrogen and oxygen atoms in total. The molecule has 0 bridgehead atoms. The van der Waals surface area contributed by atoms with Crippen LogP contribution in [-0.4, -0.2) is 34.3 Å². The molecule has 0 unspecified atom stereocenters. The molecule has 118 valence electrons. The molecule has 1 aliphatic rings. The molecule has 1 N–H and O–H groups in total. The van der Waals surface area contributed by atoms with Crippen LogP contribution in [0.15, 0.2) is 4.52 Å². The lowest BCUT2D eigenvalue weighted by molar-refractivity contribution is -0.140. The standard InChI is InChI=1S/C15H25N3O3/c1-3-18(4-2)14-16-12(21-17-14)10-15(11-13(19)20)8-6-5-7-9-15/h3-11H2,1-2H3,(H,19,20). The molecule has 1 aromatic rings. The number of nitrogens with zero attached hydrogens (tertiary/aromatic N) is 3. The van der Waals surface area contributed by atoms with Gasteiger partial charge in [-0.1, -0.05) is 19.3 Å². The average molecular weight is 295 g/mol. The van der Waals surface area contributed by atoms with Crippen LogP contribution in [0.25, 0.3) is 0 Å². The summed E-state index contributed by atoms with van der Waals surface area (Å²) in [7, 11) is 0. The third-order valence-corrected chi connectivity index (χ3v) is 4.47. The second-order valence-corrected chi connectivity index (χ2v) is 5.97. The van der Waals surface area contributed by atoms with Crippen molar-refractivity contribution in [1.29, 1.82) is 0 Å². The molecule has 0 aliphatic heterocycles. The molecule has 1 aliphatic carbocycles. The fraction of sp³-hybridized carbons (Fsp3) is 0.800. The lowest BCUT2D eigenvalue weighted by Gasteiger charge is -2.34. The monoisotopic (exact) mass is 295 g/mol. The van der Waals surface area contributed by atoms with E-state index in [0.29, 0.717) is 18.3 Å². The molecule has 0 spiro atoms. The Morgan fingerprint density at radius 2 is 1.95 bits per heavy atom. The maximum Gasteiger partial charge on any atom is 0.303 e. The predicted octanol–water partition coefficient (Wildman–Crippen LogP) is 2.88. The van der Waals surface area contributed by atoms with E-state index in [-0.39, 0.29) is 11.8 Å². The van der Waals surface area contributed by atoms with Gasteiger partial charge in [0.05, 0.1) is 6.42 Å². The summed E-state index contributed by atoms with van der Waals surface area (Å²) in [4.78, 5) is 17.7. The van der Waals surface area contributed by atoms with Crippen LogP contribution >= 0.6 is 0 Å². The molecule has 0 atom stereocenters. The first-order chi connectivity index (χ1) is 10.1. The summed E-state index contributed by atoms with van der Waals surface area (Å²) in [6.07, 6.45) is 6.00. The predicted molar refractivity (Wildman–Crippen MR) is 79.3 cm³/mol. The molecule has 6 heteroatoms. The average Bonchev–Trinajstić information content (AvgIpc) is 2.88. The van der Waals surface area contributed by atoms with Crippen molar-refractivity contribution in [3.8, 4) is 0 Å². The summed E-state index contributed by atoms with van der Waals surface area (Å²) in [6, 6.07) is 0. The topological polar surface area (TPSA) is 79.5 Å². The Balaban J connectivity index is 2.11. The Morgan fingerprint density at radius 1 is 1.29 bits per heavy atom. The second kappa shape index (κ2) is 6.91. The molecule has 1 aromatic heterocycles. The SMILES string of the molecule is CCN(CC)c1noc(CC2(CC(=O)O)CCCCC2)n1. The molecule has 0 radical (unpaired) electrons. The summed E-state index contributed by atoms with van der Waals surface area (Å²) in [5, 5.41) is 13.2. The lowest BCUT2D eigenvalue weighted by Crippen LogP contribution is -2.30. The van der Waals surface area contributed by atoms with E-state index in [2.05, 4.69) is 10.1 Å². The Kier molecular flexibility index (Phi) is 5.20. The van der Waals surface area contributed by atoms with E-state index in [9.17, 15) is 9.90 Å². The smallest absolute Gasteiger partial charge is 0.303 e. The van der Waals surface area contributed by atoms with Gasteiger partial charge in [0.1, 0.15) is 0 Å². The largest absolute Gasteiger partial charge is 0.481 e. The summed E-state index contributed by atoms with van der Waals surface area (Å²) < 4.78 is 5.36. The summed E-state index contributed by atoms with van der Waals surface area (Å²) in [5.41, 5.74) is -0.211. The Morgan fingerprint density at radius 3 is 2.52 bits per heavy atom. The number of hydrogen-bond acceptors (Lipinski definition) is 5. The lowest BCUT2D eigenvalue weighted by atomic mass is 9.69. The summed E-state index contributed by atoms with van der Waals surface area (Å²) in [5.74, 6) is 0.441. The normalized spacial score (nSPS) is 17.6. The van der Waals surface area contributed by atoms with Crippen molar-refractivity contribution in [2.75, 3.05) is 18.0 Å². The highest BCUT2D eigenvalue weighted by molar-refractivity contribution is 5.67. The van der Waals surface area contributed by atoms with Crippen molar-refractivity contribution >= 4 is 11.9 Å². The number of carboxylic acid groups (broad SMARTS) is 1. The first-order valence-corrected chi connectivity index (χ1v) is 7.88. The zero-order chi connectivity index (χ0) is 15.3. The Hall–Kier alpha value is -1.59. The van der Waals surface area contributed by atoms with Crippen LogP contribution in [0.5, 0.6) is 0 Å². The zero-order valence-corrected chi connectivity index (χ0v) is 13.0. The molecule has 1 fully saturated rings. The fourth-order valence-electron chi connectivity index (χ4n) is 3.31. The van der Waals surface area contributed by atoms with Crippen molar-refractivity contribution in [2.45, 2.75) is 58.8 Å². The molecular formula is C15H25N3O3. The highest BCUT2D eigenvalue weighted by Gasteiger charge is 2.36. The van der Waals surface area contributed by atoms with Crippen LogP contribution in [0.2, 0.25) is 0 Å². The van der Waals surface area contributed by atoms with E-state index in [4.69, 9.17) is 4.52 Å². The van der Waals surface area contributed by atoms with Gasteiger partial charge in [-0.05, 0) is 37.3 Å². The van der Waals surface area contributed by atoms with Crippen LogP contribution in [0.3, 0.4) is 0 Å². The van der Waals surface area contributed by atoms with E-state index in [1.54, 1.807) is 0 Å². The van der Waals surface area contributed by atoms with Crippen molar-refractivity contribution in [3.63, 3.8) is 0 Å². The van der Waals surface area contributed by atoms with Gasteiger partial charge in [0.15, 0.2) is 0 Å². The van der Waals surface area contributed by atoms with Crippen molar-refractivity contribution in [2.24, 2.45) is 5.41 Å². The van der Waals surface area contributed by atoms with Crippen molar-refractivity contribution in [3.05, 3.63) is 5.89 Å². The van der Waals surface area contributed by atoms with E-state index in [0.717, 1.165) is 38.8 Å². The van der Waals surface area contributed by atoms with Gasteiger partial charge in [0.25, 0.3) is 5.95 Å². The van der Waals surface area contributed by atoms with Gasteiger partial charge < -0.3 is 14.5 Å². The van der Waals surface area contributed by atoms with E-state index in [1.807, 2.05) is 18.7 Å². The van der Waals surface area contributed by atoms with Crippen LogP contribution in [0.1, 0.15) is 58.3 Å². The highest BCUT2D eigenvalue weighted by Crippen LogP contribution is 2.42. The van der Waals surface area contributed by atoms with Gasteiger partial charge in [-0.25, -0.2) is 0 Å². The molecular weight excluding hydrogens is 270 g/mol. The zero-order valence-electron chi connectivity index (χ0n) is 13.0. The number of rotatable bonds is 7. The number of hydrogen-bond donors (Lipinski definition) is 1. The van der Waals surface area contributed by atoms with E-state index < -0.39 is 5.97 Å². The van der Waals surface area contributed by atoms with Crippen molar-refractivity contribution < 1.29 is 14.4 Å². The quantitative estimate of drug-likeness (QED) is 0.833. The molecule has 0 amide bonds. The number of aromatic nitrogens is 2. The molecule has 2 rings (SSSR count). The van der Waals surface area contributed by atoms with Gasteiger partial charge in [-0.15, -0.1) is 0 Å². The molecule has 0 aromatic carbocycles. The molecule has 1 heterocycles. The third kappa shape index (κ3) is 3.95. The van der Waals surface area contributed by atoms with Crippen LogP contribution in [-0.2, 0) is 11.2 Å². The summed E-state index contributed by atoms with van der Waals surface area (Å²) in [6.45, 7) is 5.75. The van der Waals surface area contributed by atoms with Gasteiger partial charge >= 0.3 is 5.97 Å². The van der Waals surface area contributed by atoms with Crippen LogP contribution in [0, 0.1) is 5.41 Å². The van der Waals surface area contributed by atoms with Crippen LogP contribution in [0.4, 0.5) is 5.95 Å². The molecule has 0 saturated heterocycles. The minimum Gasteiger partial charge on any atom is -0.481 e. The Bertz CT molecular complexity index is 462. The first-order valence-electron chi connectivity index (χ1n) is 7.88. The Labute approximate surface area is 125 Å². The third-order valence-electron chi connectivity index (χ3n) is 4.47. The number of carboxylic acids is 1. The first kappa shape index (κ1) is 15.8. The summed E-state index contributed by atoms with van der Waals surface area (Å²) >= 11 is 0. The molecule has 21 heavy (non-hydrogen) atoms. The fourth-order valence-corrected chi connectivity index (χ4v) is 3.31. The van der Waals surface area contributed by atoms with Gasteiger partial charge in [0, 0.05) is 19.5 Å². The van der Waals surface area contributed by atoms with E-state index >= 15 is 0 Å². The van der Waals surface area contributed by atoms with E-state index in [1.165, 1.54) is 6.42 Å². The highest BCUT2D eigenvalue weighted by atomic mass is 16.5. The molecule has 1 saturated carbocycles. The minimum atomic E-state index is -0.736. The number of aliphatic carboxylic acids is 1. The van der Waals surface area contributed by atoms with Gasteiger partial charge in [-0.3, -0.25) is 4.79 Å². The van der Waals surface area contributed by atoms with Crippen molar-refractivity contribution in [1.82, 2.24) is 10.1 Å². The maximum atomic E-state index is 11.2. The van der Waals surface area contributed by atoms with Gasteiger partial charge in [0.2, 0.25) is 5.89 Å².